The number of anilines is 6. The van der Waals surface area contributed by atoms with Crippen molar-refractivity contribution >= 4 is 69.6 Å². The van der Waals surface area contributed by atoms with Crippen LogP contribution < -0.4 is 20.4 Å². The third kappa shape index (κ3) is 11.7. The van der Waals surface area contributed by atoms with E-state index in [1.807, 2.05) is 70.4 Å². The molecule has 4 unspecified atom stereocenters. The van der Waals surface area contributed by atoms with E-state index in [-0.39, 0.29) is 86.6 Å². The molecule has 8 fully saturated rings. The Balaban J connectivity index is 0.000000160. The normalized spacial score (nSPS) is 26.2. The number of amides is 4. The quantitative estimate of drug-likeness (QED) is 0.162. The monoisotopic (exact) mass is 1200 g/mol. The number of hydrogen-bond acceptors (Lipinski definition) is 16. The molecule has 12 heterocycles. The van der Waals surface area contributed by atoms with Gasteiger partial charge < -0.3 is 49.8 Å². The summed E-state index contributed by atoms with van der Waals surface area (Å²) in [6.07, 6.45) is 4.96. The fourth-order valence-corrected chi connectivity index (χ4v) is 13.8. The molecular weight excluding hydrogens is 1130 g/mol. The number of rotatable bonds is 12. The van der Waals surface area contributed by atoms with Gasteiger partial charge in [-0.2, -0.15) is 46.5 Å². The Labute approximate surface area is 491 Å². The Hall–Kier alpha value is -7.76. The first-order valence-corrected chi connectivity index (χ1v) is 29.7. The van der Waals surface area contributed by atoms with Crippen LogP contribution in [0.1, 0.15) is 51.4 Å². The summed E-state index contributed by atoms with van der Waals surface area (Å²) >= 11 is 0. The fourth-order valence-electron chi connectivity index (χ4n) is 13.8. The highest BCUT2D eigenvalue weighted by Gasteiger charge is 2.55. The summed E-state index contributed by atoms with van der Waals surface area (Å²) in [5.74, 6) is -3.15. The second-order valence-corrected chi connectivity index (χ2v) is 24.6. The Morgan fingerprint density at radius 3 is 1.24 bits per heavy atom. The van der Waals surface area contributed by atoms with Gasteiger partial charge in [0.1, 0.15) is 13.1 Å². The number of aromatic nitrogens is 10. The van der Waals surface area contributed by atoms with Gasteiger partial charge >= 0.3 is 12.4 Å². The molecule has 2 saturated carbocycles. The molecule has 6 aromatic heterocycles. The molecule has 0 spiro atoms. The van der Waals surface area contributed by atoms with Crippen molar-refractivity contribution in [1.82, 2.24) is 78.2 Å². The van der Waals surface area contributed by atoms with Crippen molar-refractivity contribution < 1.29 is 45.5 Å². The summed E-state index contributed by atoms with van der Waals surface area (Å²) in [4.78, 5) is 77.5. The van der Waals surface area contributed by atoms with E-state index in [2.05, 4.69) is 50.6 Å². The van der Waals surface area contributed by atoms with Crippen LogP contribution in [0.15, 0.2) is 61.4 Å². The van der Waals surface area contributed by atoms with Crippen LogP contribution in [-0.2, 0) is 32.3 Å². The smallest absolute Gasteiger partial charge is 0.364 e. The zero-order valence-corrected chi connectivity index (χ0v) is 47.9. The summed E-state index contributed by atoms with van der Waals surface area (Å²) in [6, 6.07) is 7.63. The summed E-state index contributed by atoms with van der Waals surface area (Å²) in [6.45, 7) is 9.02. The Morgan fingerprint density at radius 1 is 0.535 bits per heavy atom. The minimum atomic E-state index is -4.22. The molecule has 4 amide bonds. The van der Waals surface area contributed by atoms with Crippen molar-refractivity contribution in [2.24, 2.45) is 23.7 Å². The van der Waals surface area contributed by atoms with E-state index in [1.165, 1.54) is 0 Å². The maximum atomic E-state index is 13.2. The number of fused-ring (bicyclic) bond motifs is 6. The lowest BCUT2D eigenvalue weighted by atomic mass is 9.73. The average Bonchev–Trinajstić information content (AvgIpc) is 1.81. The van der Waals surface area contributed by atoms with Crippen LogP contribution in [-0.4, -0.2) is 231 Å². The number of piperazine rings is 4. The largest absolute Gasteiger partial charge is 0.391 e. The summed E-state index contributed by atoms with van der Waals surface area (Å²) < 4.78 is 84.5. The number of pyridine rings is 2. The van der Waals surface area contributed by atoms with E-state index in [0.29, 0.717) is 86.9 Å². The molecule has 30 heteroatoms. The van der Waals surface area contributed by atoms with E-state index in [0.717, 1.165) is 63.2 Å². The predicted octanol–water partition coefficient (Wildman–Crippen LogP) is 4.42. The van der Waals surface area contributed by atoms with Crippen LogP contribution in [0.2, 0.25) is 0 Å². The lowest BCUT2D eigenvalue weighted by molar-refractivity contribution is -0.208. The van der Waals surface area contributed by atoms with Crippen LogP contribution in [0, 0.1) is 23.7 Å². The van der Waals surface area contributed by atoms with Crippen LogP contribution in [0.3, 0.4) is 0 Å². The van der Waals surface area contributed by atoms with Crippen molar-refractivity contribution in [2.75, 3.05) is 113 Å². The first kappa shape index (κ1) is 57.3. The van der Waals surface area contributed by atoms with Gasteiger partial charge in [0.15, 0.2) is 11.3 Å². The molecule has 24 nitrogen and oxygen atoms in total. The van der Waals surface area contributed by atoms with Crippen LogP contribution in [0.4, 0.5) is 61.0 Å². The van der Waals surface area contributed by atoms with Gasteiger partial charge in [-0.05, 0) is 89.7 Å². The molecule has 8 aliphatic rings. The topological polar surface area (TPSA) is 214 Å². The molecular formula is C56H70F6N20O4. The molecule has 4 bridgehead atoms. The molecule has 6 saturated heterocycles. The highest BCUT2D eigenvalue weighted by Crippen LogP contribution is 2.49. The highest BCUT2D eigenvalue weighted by atomic mass is 19.4. The summed E-state index contributed by atoms with van der Waals surface area (Å²) in [5.41, 5.74) is 4.43. The zero-order valence-electron chi connectivity index (χ0n) is 47.9. The maximum absolute atomic E-state index is 13.2. The molecule has 6 aromatic rings. The van der Waals surface area contributed by atoms with E-state index in [9.17, 15) is 45.5 Å². The lowest BCUT2D eigenvalue weighted by Crippen LogP contribution is -2.58. The number of likely N-dealkylation sites (N-methyl/N-ethyl adjacent to an activating group) is 2. The van der Waals surface area contributed by atoms with Crippen molar-refractivity contribution in [2.45, 2.75) is 101 Å². The highest BCUT2D eigenvalue weighted by molar-refractivity contribution is 5.83. The Kier molecular flexibility index (Phi) is 15.2. The number of carbonyl (C=O) groups excluding carboxylic acids is 4. The van der Waals surface area contributed by atoms with Gasteiger partial charge in [0.2, 0.25) is 35.5 Å². The molecule has 0 radical (unpaired) electrons. The zero-order chi connectivity index (χ0) is 59.8. The van der Waals surface area contributed by atoms with E-state index in [4.69, 9.17) is 9.97 Å². The molecule has 460 valence electrons. The first-order valence-electron chi connectivity index (χ1n) is 29.7. The number of alkyl halides is 6. The number of hydrogen-bond donors (Lipinski definition) is 2. The van der Waals surface area contributed by atoms with Gasteiger partial charge in [-0.15, -0.1) is 10.2 Å². The summed E-state index contributed by atoms with van der Waals surface area (Å²) in [5, 5.41) is 24.2. The summed E-state index contributed by atoms with van der Waals surface area (Å²) in [7, 11) is 4.10. The Bertz CT molecular complexity index is 3210. The molecule has 4 atom stereocenters. The predicted molar refractivity (Wildman–Crippen MR) is 301 cm³/mol. The van der Waals surface area contributed by atoms with Gasteiger partial charge in [0, 0.05) is 139 Å². The molecule has 2 aliphatic carbocycles. The fraction of sp³-hybridized carbons (Fsp3) is 0.607. The van der Waals surface area contributed by atoms with Gasteiger partial charge in [-0.3, -0.25) is 28.5 Å². The lowest BCUT2D eigenvalue weighted by Gasteiger charge is -2.45. The molecule has 86 heavy (non-hydrogen) atoms. The van der Waals surface area contributed by atoms with Crippen molar-refractivity contribution in [3.8, 4) is 0 Å². The minimum absolute atomic E-state index is 0.0312. The molecule has 14 rings (SSSR count). The SMILES string of the molecule is CN1CCN(C(=O)Cn2cc(Nc3nc4c(N5CC6CCC(C5)N6C(=O)C5CC(C(F)(F)F)C5)cccn4n3)cn2)CC1.CN1CCN(C(=O)Cn2cc(Nc3nc4c(N5CC6CCC(C5)N6C(=O)C5CC(C(F)(F)F)C5)cccn4n3)cn2)CC1. The van der Waals surface area contributed by atoms with Gasteiger partial charge in [0.05, 0.1) is 47.0 Å². The van der Waals surface area contributed by atoms with Crippen LogP contribution in [0.25, 0.3) is 11.3 Å². The van der Waals surface area contributed by atoms with E-state index < -0.39 is 36.0 Å². The van der Waals surface area contributed by atoms with Crippen molar-refractivity contribution in [3.63, 3.8) is 0 Å². The Morgan fingerprint density at radius 2 is 0.895 bits per heavy atom. The number of carbonyl (C=O) groups is 4. The molecule has 0 aromatic carbocycles. The maximum Gasteiger partial charge on any atom is 0.391 e. The van der Waals surface area contributed by atoms with Crippen molar-refractivity contribution in [1.29, 1.82) is 0 Å². The second-order valence-electron chi connectivity index (χ2n) is 24.6. The van der Waals surface area contributed by atoms with Gasteiger partial charge in [-0.25, -0.2) is 9.03 Å². The van der Waals surface area contributed by atoms with Crippen molar-refractivity contribution in [3.05, 3.63) is 61.4 Å². The van der Waals surface area contributed by atoms with Gasteiger partial charge in [-0.1, -0.05) is 0 Å². The molecule has 2 N–H and O–H groups in total. The van der Waals surface area contributed by atoms with E-state index >= 15 is 0 Å². The second kappa shape index (κ2) is 22.8. The number of nitrogens with zero attached hydrogens (tertiary/aromatic N) is 18. The third-order valence-corrected chi connectivity index (χ3v) is 18.8. The number of halogens is 6. The number of nitrogens with one attached hydrogen (secondary N) is 2. The van der Waals surface area contributed by atoms with Gasteiger partial charge in [0.25, 0.3) is 0 Å². The third-order valence-electron chi connectivity index (χ3n) is 18.8. The van der Waals surface area contributed by atoms with E-state index in [1.54, 1.807) is 43.2 Å². The standard InChI is InChI=1S/2C28H35F3N10O2/c2*1-36-7-9-37(10-8-36)24(42)17-39-14-20(13-32-39)33-27-34-25-23(3-2-6-40(25)35-27)38-15-21-4-5-22(16-38)41(21)26(43)18-11-19(12-18)28(29,30)31/h2*2-3,6,13-14,18-19,21-22H,4-5,7-12,15-17H2,1H3,(H,33,35). The first-order chi connectivity index (χ1) is 41.2. The van der Waals surface area contributed by atoms with Crippen LogP contribution >= 0.6 is 0 Å². The average molecular weight is 1200 g/mol. The molecule has 6 aliphatic heterocycles. The van der Waals surface area contributed by atoms with Crippen LogP contribution in [0.5, 0.6) is 0 Å². The minimum Gasteiger partial charge on any atom is -0.364 e.